The molecule has 138 valence electrons. The van der Waals surface area contributed by atoms with Crippen LogP contribution in [0.1, 0.15) is 31.4 Å². The van der Waals surface area contributed by atoms with Gasteiger partial charge in [0.2, 0.25) is 15.9 Å². The van der Waals surface area contributed by atoms with Crippen molar-refractivity contribution in [2.75, 3.05) is 13.1 Å². The fourth-order valence-electron chi connectivity index (χ4n) is 3.27. The summed E-state index contributed by atoms with van der Waals surface area (Å²) in [6, 6.07) is 18.0. The number of nitrogens with one attached hydrogen (secondary N) is 1. The van der Waals surface area contributed by atoms with E-state index >= 15 is 0 Å². The van der Waals surface area contributed by atoms with E-state index in [0.717, 1.165) is 5.56 Å². The molecule has 1 aliphatic rings. The summed E-state index contributed by atoms with van der Waals surface area (Å²) in [5, 5.41) is 3.02. The molecule has 0 bridgehead atoms. The smallest absolute Gasteiger partial charge is 0.243 e. The molecular weight excluding hydrogens is 348 g/mol. The highest BCUT2D eigenvalue weighted by Gasteiger charge is 2.33. The van der Waals surface area contributed by atoms with Gasteiger partial charge in [-0.25, -0.2) is 8.42 Å². The van der Waals surface area contributed by atoms with E-state index in [4.69, 9.17) is 0 Å². The minimum atomic E-state index is -3.56. The van der Waals surface area contributed by atoms with Crippen molar-refractivity contribution in [3.05, 3.63) is 66.2 Å². The molecule has 3 rings (SSSR count). The van der Waals surface area contributed by atoms with Crippen LogP contribution in [-0.2, 0) is 14.8 Å². The van der Waals surface area contributed by atoms with Crippen molar-refractivity contribution >= 4 is 15.9 Å². The lowest BCUT2D eigenvalue weighted by Gasteiger charge is -2.32. The van der Waals surface area contributed by atoms with Crippen molar-refractivity contribution in [1.29, 1.82) is 0 Å². The van der Waals surface area contributed by atoms with Gasteiger partial charge in [0.1, 0.15) is 0 Å². The maximum Gasteiger partial charge on any atom is 0.243 e. The average Bonchev–Trinajstić information content (AvgIpc) is 2.69. The van der Waals surface area contributed by atoms with E-state index in [0.29, 0.717) is 19.4 Å². The molecule has 2 atom stereocenters. The Bertz CT molecular complexity index is 838. The Balaban J connectivity index is 1.67. The first-order valence-electron chi connectivity index (χ1n) is 8.89. The minimum absolute atomic E-state index is 0.0886. The van der Waals surface area contributed by atoms with Crippen LogP contribution in [0.2, 0.25) is 0 Å². The number of nitrogens with zero attached hydrogens (tertiary/aromatic N) is 1. The van der Waals surface area contributed by atoms with Gasteiger partial charge < -0.3 is 5.32 Å². The molecule has 2 aromatic rings. The van der Waals surface area contributed by atoms with E-state index in [2.05, 4.69) is 5.32 Å². The highest BCUT2D eigenvalue weighted by molar-refractivity contribution is 7.89. The summed E-state index contributed by atoms with van der Waals surface area (Å²) < 4.78 is 27.0. The number of hydrogen-bond acceptors (Lipinski definition) is 3. The molecule has 0 saturated carbocycles. The molecule has 1 aliphatic heterocycles. The van der Waals surface area contributed by atoms with Crippen molar-refractivity contribution in [3.63, 3.8) is 0 Å². The number of carbonyl (C=O) groups is 1. The molecule has 26 heavy (non-hydrogen) atoms. The molecule has 5 nitrogen and oxygen atoms in total. The molecule has 0 aromatic heterocycles. The van der Waals surface area contributed by atoms with Crippen LogP contribution in [0.5, 0.6) is 0 Å². The van der Waals surface area contributed by atoms with Gasteiger partial charge in [0.15, 0.2) is 0 Å². The van der Waals surface area contributed by atoms with Crippen molar-refractivity contribution in [2.24, 2.45) is 5.92 Å². The summed E-state index contributed by atoms with van der Waals surface area (Å²) in [4.78, 5) is 12.9. The second-order valence-corrected chi connectivity index (χ2v) is 8.59. The largest absolute Gasteiger partial charge is 0.349 e. The second-order valence-electron chi connectivity index (χ2n) is 6.66. The Morgan fingerprint density at radius 1 is 1.08 bits per heavy atom. The first-order chi connectivity index (χ1) is 12.5. The first-order valence-corrected chi connectivity index (χ1v) is 10.3. The second kappa shape index (κ2) is 8.01. The SMILES string of the molecule is C[C@@H](NC(=O)[C@@H]1CCCN(S(=O)(=O)c2ccccc2)C1)c1ccccc1. The van der Waals surface area contributed by atoms with E-state index in [-0.39, 0.29) is 29.3 Å². The van der Waals surface area contributed by atoms with Crippen molar-refractivity contribution in [1.82, 2.24) is 9.62 Å². The number of carbonyl (C=O) groups excluding carboxylic acids is 1. The van der Waals surface area contributed by atoms with Crippen molar-refractivity contribution < 1.29 is 13.2 Å². The van der Waals surface area contributed by atoms with E-state index in [1.165, 1.54) is 4.31 Å². The van der Waals surface area contributed by atoms with Gasteiger partial charge in [-0.2, -0.15) is 4.31 Å². The summed E-state index contributed by atoms with van der Waals surface area (Å²) in [5.74, 6) is -0.414. The molecule has 1 fully saturated rings. The molecule has 0 radical (unpaired) electrons. The molecular formula is C20H24N2O3S. The van der Waals surface area contributed by atoms with Crippen molar-refractivity contribution in [2.45, 2.75) is 30.7 Å². The summed E-state index contributed by atoms with van der Waals surface area (Å²) in [6.45, 7) is 2.62. The zero-order chi connectivity index (χ0) is 18.6. The van der Waals surface area contributed by atoms with Crippen LogP contribution in [0, 0.1) is 5.92 Å². The molecule has 6 heteroatoms. The van der Waals surface area contributed by atoms with E-state index in [1.54, 1.807) is 30.3 Å². The van der Waals surface area contributed by atoms with Crippen LogP contribution in [0.4, 0.5) is 0 Å². The number of amides is 1. The highest BCUT2D eigenvalue weighted by Crippen LogP contribution is 2.24. The normalized spacial score (nSPS) is 19.7. The van der Waals surface area contributed by atoms with Gasteiger partial charge >= 0.3 is 0 Å². The summed E-state index contributed by atoms with van der Waals surface area (Å²) in [6.07, 6.45) is 1.39. The van der Waals surface area contributed by atoms with Crippen LogP contribution in [0.15, 0.2) is 65.6 Å². The predicted octanol–water partition coefficient (Wildman–Crippen LogP) is 2.96. The van der Waals surface area contributed by atoms with Gasteiger partial charge in [0.05, 0.1) is 16.9 Å². The maximum atomic E-state index is 12.8. The fraction of sp³-hybridized carbons (Fsp3) is 0.350. The molecule has 0 aliphatic carbocycles. The Morgan fingerprint density at radius 3 is 2.35 bits per heavy atom. The number of hydrogen-bond donors (Lipinski definition) is 1. The minimum Gasteiger partial charge on any atom is -0.349 e. The van der Waals surface area contributed by atoms with E-state index in [1.807, 2.05) is 37.3 Å². The highest BCUT2D eigenvalue weighted by atomic mass is 32.2. The van der Waals surface area contributed by atoms with Crippen LogP contribution in [-0.4, -0.2) is 31.7 Å². The third-order valence-electron chi connectivity index (χ3n) is 4.79. The molecule has 1 amide bonds. The lowest BCUT2D eigenvalue weighted by atomic mass is 9.98. The molecule has 0 spiro atoms. The van der Waals surface area contributed by atoms with Gasteiger partial charge in [-0.1, -0.05) is 48.5 Å². The van der Waals surface area contributed by atoms with Crippen LogP contribution >= 0.6 is 0 Å². The fourth-order valence-corrected chi connectivity index (χ4v) is 4.82. The Kier molecular flexibility index (Phi) is 5.74. The van der Waals surface area contributed by atoms with Gasteiger partial charge in [-0.05, 0) is 37.5 Å². The topological polar surface area (TPSA) is 66.5 Å². The van der Waals surface area contributed by atoms with E-state index in [9.17, 15) is 13.2 Å². The van der Waals surface area contributed by atoms with E-state index < -0.39 is 10.0 Å². The summed E-state index contributed by atoms with van der Waals surface area (Å²) >= 11 is 0. The summed E-state index contributed by atoms with van der Waals surface area (Å²) in [5.41, 5.74) is 1.03. The maximum absolute atomic E-state index is 12.8. The van der Waals surface area contributed by atoms with Crippen molar-refractivity contribution in [3.8, 4) is 0 Å². The first kappa shape index (κ1) is 18.6. The Hall–Kier alpha value is -2.18. The molecule has 1 heterocycles. The van der Waals surface area contributed by atoms with Crippen LogP contribution < -0.4 is 5.32 Å². The third-order valence-corrected chi connectivity index (χ3v) is 6.67. The molecule has 1 N–H and O–H groups in total. The number of benzene rings is 2. The quantitative estimate of drug-likeness (QED) is 0.877. The zero-order valence-corrected chi connectivity index (χ0v) is 15.7. The number of piperidine rings is 1. The Labute approximate surface area is 155 Å². The monoisotopic (exact) mass is 372 g/mol. The van der Waals surface area contributed by atoms with Gasteiger partial charge in [-0.3, -0.25) is 4.79 Å². The average molecular weight is 372 g/mol. The van der Waals surface area contributed by atoms with Gasteiger partial charge in [0, 0.05) is 13.1 Å². The van der Waals surface area contributed by atoms with Gasteiger partial charge in [-0.15, -0.1) is 0 Å². The number of rotatable bonds is 5. The molecule has 1 saturated heterocycles. The van der Waals surface area contributed by atoms with Crippen LogP contribution in [0.3, 0.4) is 0 Å². The predicted molar refractivity (Wildman–Crippen MR) is 101 cm³/mol. The lowest BCUT2D eigenvalue weighted by molar-refractivity contribution is -0.126. The molecule has 2 aromatic carbocycles. The summed E-state index contributed by atoms with van der Waals surface area (Å²) in [7, 11) is -3.56. The van der Waals surface area contributed by atoms with Crippen LogP contribution in [0.25, 0.3) is 0 Å². The number of sulfonamides is 1. The third kappa shape index (κ3) is 4.14. The molecule has 0 unspecified atom stereocenters. The zero-order valence-electron chi connectivity index (χ0n) is 14.8. The Morgan fingerprint density at radius 2 is 1.69 bits per heavy atom. The van der Waals surface area contributed by atoms with Gasteiger partial charge in [0.25, 0.3) is 0 Å². The lowest BCUT2D eigenvalue weighted by Crippen LogP contribution is -2.45. The standard InChI is InChI=1S/C20H24N2O3S/c1-16(17-9-4-2-5-10-17)21-20(23)18-11-8-14-22(15-18)26(24,25)19-12-6-3-7-13-19/h2-7,9-10,12-13,16,18H,8,11,14-15H2,1H3,(H,21,23)/t16-,18-/m1/s1.